The second-order valence-electron chi connectivity index (χ2n) is 5.03. The molecule has 0 amide bonds. The molecule has 1 saturated carbocycles. The molecule has 3 heteroatoms. The average Bonchev–Trinajstić information content (AvgIpc) is 2.16. The fraction of sp³-hybridized carbons (Fsp3) is 1.00. The third kappa shape index (κ3) is 2.10. The molecule has 1 atom stereocenters. The number of β-amino-alcohol motifs (C(OH)–C–C–N with tert-alkyl or cyclic N) is 1. The van der Waals surface area contributed by atoms with Crippen LogP contribution in [-0.4, -0.2) is 30.3 Å². The second-order valence-corrected chi connectivity index (χ2v) is 5.03. The van der Waals surface area contributed by atoms with Crippen molar-refractivity contribution in [2.24, 2.45) is 11.1 Å². The van der Waals surface area contributed by atoms with Crippen LogP contribution in [-0.2, 0) is 0 Å². The Morgan fingerprint density at radius 1 is 1.29 bits per heavy atom. The van der Waals surface area contributed by atoms with Crippen LogP contribution in [0.4, 0.5) is 0 Å². The van der Waals surface area contributed by atoms with E-state index in [-0.39, 0.29) is 17.6 Å². The van der Waals surface area contributed by atoms with Crippen molar-refractivity contribution in [3.05, 3.63) is 0 Å². The molecule has 0 aliphatic heterocycles. The van der Waals surface area contributed by atoms with Crippen molar-refractivity contribution in [3.8, 4) is 0 Å². The zero-order valence-corrected chi connectivity index (χ0v) is 9.47. The standard InChI is InChI=1S/C11H24N2O/c1-10(2)5-3-4-6-11(10,9-12)13-7-8-14/h13-14H,3-9,12H2,1-2H3. The summed E-state index contributed by atoms with van der Waals surface area (Å²) in [7, 11) is 0. The van der Waals surface area contributed by atoms with E-state index in [1.54, 1.807) is 0 Å². The van der Waals surface area contributed by atoms with Crippen LogP contribution in [0.3, 0.4) is 0 Å². The molecule has 0 aromatic carbocycles. The molecule has 0 saturated heterocycles. The van der Waals surface area contributed by atoms with Crippen LogP contribution in [0.1, 0.15) is 39.5 Å². The molecule has 1 unspecified atom stereocenters. The molecule has 84 valence electrons. The number of hydrogen-bond donors (Lipinski definition) is 3. The molecule has 0 aromatic heterocycles. The summed E-state index contributed by atoms with van der Waals surface area (Å²) in [5.74, 6) is 0. The van der Waals surface area contributed by atoms with Gasteiger partial charge in [-0.1, -0.05) is 26.7 Å². The maximum atomic E-state index is 8.87. The molecule has 4 N–H and O–H groups in total. The van der Waals surface area contributed by atoms with Crippen molar-refractivity contribution in [1.82, 2.24) is 5.32 Å². The summed E-state index contributed by atoms with van der Waals surface area (Å²) in [6.45, 7) is 6.07. The van der Waals surface area contributed by atoms with Crippen LogP contribution in [0.5, 0.6) is 0 Å². The van der Waals surface area contributed by atoms with Crippen molar-refractivity contribution in [1.29, 1.82) is 0 Å². The Hall–Kier alpha value is -0.120. The first kappa shape index (κ1) is 12.0. The fourth-order valence-electron chi connectivity index (χ4n) is 2.64. The van der Waals surface area contributed by atoms with Crippen molar-refractivity contribution in [2.75, 3.05) is 19.7 Å². The maximum Gasteiger partial charge on any atom is 0.0556 e. The van der Waals surface area contributed by atoms with Gasteiger partial charge in [0.1, 0.15) is 0 Å². The summed E-state index contributed by atoms with van der Waals surface area (Å²) in [5.41, 5.74) is 6.19. The minimum absolute atomic E-state index is 0.0357. The molecule has 1 fully saturated rings. The quantitative estimate of drug-likeness (QED) is 0.631. The van der Waals surface area contributed by atoms with Crippen LogP contribution in [0.15, 0.2) is 0 Å². The summed E-state index contributed by atoms with van der Waals surface area (Å²) in [6, 6.07) is 0. The van der Waals surface area contributed by atoms with Gasteiger partial charge in [0.2, 0.25) is 0 Å². The lowest BCUT2D eigenvalue weighted by molar-refractivity contribution is 0.0644. The lowest BCUT2D eigenvalue weighted by Crippen LogP contribution is -2.62. The van der Waals surface area contributed by atoms with E-state index in [0.29, 0.717) is 13.1 Å². The van der Waals surface area contributed by atoms with Crippen molar-refractivity contribution >= 4 is 0 Å². The number of aliphatic hydroxyl groups excluding tert-OH is 1. The minimum Gasteiger partial charge on any atom is -0.395 e. The summed E-state index contributed by atoms with van der Waals surface area (Å²) >= 11 is 0. The molecule has 0 aromatic rings. The molecule has 14 heavy (non-hydrogen) atoms. The van der Waals surface area contributed by atoms with Gasteiger partial charge in [0.15, 0.2) is 0 Å². The van der Waals surface area contributed by atoms with Crippen LogP contribution in [0.25, 0.3) is 0 Å². The second kappa shape index (κ2) is 4.60. The highest BCUT2D eigenvalue weighted by Gasteiger charge is 2.44. The van der Waals surface area contributed by atoms with Crippen LogP contribution < -0.4 is 11.1 Å². The maximum absolute atomic E-state index is 8.87. The Labute approximate surface area is 87.1 Å². The Kier molecular flexibility index (Phi) is 3.93. The van der Waals surface area contributed by atoms with Gasteiger partial charge < -0.3 is 16.2 Å². The smallest absolute Gasteiger partial charge is 0.0556 e. The van der Waals surface area contributed by atoms with Gasteiger partial charge in [-0.2, -0.15) is 0 Å². The van der Waals surface area contributed by atoms with E-state index in [9.17, 15) is 0 Å². The van der Waals surface area contributed by atoms with E-state index in [4.69, 9.17) is 10.8 Å². The van der Waals surface area contributed by atoms with Gasteiger partial charge in [-0.15, -0.1) is 0 Å². The van der Waals surface area contributed by atoms with Gasteiger partial charge in [-0.3, -0.25) is 0 Å². The normalized spacial score (nSPS) is 31.7. The molecular formula is C11H24N2O. The number of rotatable bonds is 4. The molecule has 0 bridgehead atoms. The van der Waals surface area contributed by atoms with Crippen molar-refractivity contribution in [3.63, 3.8) is 0 Å². The van der Waals surface area contributed by atoms with Gasteiger partial charge in [-0.05, 0) is 18.3 Å². The van der Waals surface area contributed by atoms with Crippen LogP contribution in [0, 0.1) is 5.41 Å². The number of nitrogens with one attached hydrogen (secondary N) is 1. The molecule has 0 radical (unpaired) electrons. The largest absolute Gasteiger partial charge is 0.395 e. The lowest BCUT2D eigenvalue weighted by Gasteiger charge is -2.50. The monoisotopic (exact) mass is 200 g/mol. The van der Waals surface area contributed by atoms with Gasteiger partial charge in [-0.25, -0.2) is 0 Å². The highest BCUT2D eigenvalue weighted by molar-refractivity contribution is 5.03. The Balaban J connectivity index is 2.72. The summed E-state index contributed by atoms with van der Waals surface area (Å²) in [5, 5.41) is 12.3. The highest BCUT2D eigenvalue weighted by Crippen LogP contribution is 2.43. The van der Waals surface area contributed by atoms with Crippen LogP contribution >= 0.6 is 0 Å². The van der Waals surface area contributed by atoms with E-state index in [1.807, 2.05) is 0 Å². The summed E-state index contributed by atoms with van der Waals surface area (Å²) < 4.78 is 0. The van der Waals surface area contributed by atoms with E-state index < -0.39 is 0 Å². The molecule has 1 aliphatic carbocycles. The SMILES string of the molecule is CC1(C)CCCCC1(CN)NCCO. The first-order valence-electron chi connectivity index (χ1n) is 5.64. The Morgan fingerprint density at radius 2 is 1.93 bits per heavy atom. The molecular weight excluding hydrogens is 176 g/mol. The first-order valence-corrected chi connectivity index (χ1v) is 5.64. The zero-order chi connectivity index (χ0) is 10.7. The van der Waals surface area contributed by atoms with E-state index >= 15 is 0 Å². The summed E-state index contributed by atoms with van der Waals surface area (Å²) in [6.07, 6.45) is 4.91. The highest BCUT2D eigenvalue weighted by atomic mass is 16.3. The number of hydrogen-bond acceptors (Lipinski definition) is 3. The third-order valence-corrected chi connectivity index (χ3v) is 3.87. The van der Waals surface area contributed by atoms with E-state index in [1.165, 1.54) is 19.3 Å². The van der Waals surface area contributed by atoms with Gasteiger partial charge in [0.25, 0.3) is 0 Å². The molecule has 3 nitrogen and oxygen atoms in total. The molecule has 0 spiro atoms. The number of aliphatic hydroxyl groups is 1. The first-order chi connectivity index (χ1) is 6.58. The zero-order valence-electron chi connectivity index (χ0n) is 9.47. The van der Waals surface area contributed by atoms with Crippen molar-refractivity contribution < 1.29 is 5.11 Å². The molecule has 0 heterocycles. The van der Waals surface area contributed by atoms with Gasteiger partial charge in [0.05, 0.1) is 6.61 Å². The fourth-order valence-corrected chi connectivity index (χ4v) is 2.64. The van der Waals surface area contributed by atoms with Crippen molar-refractivity contribution in [2.45, 2.75) is 45.1 Å². The minimum atomic E-state index is 0.0357. The Morgan fingerprint density at radius 3 is 2.43 bits per heavy atom. The van der Waals surface area contributed by atoms with Crippen LogP contribution in [0.2, 0.25) is 0 Å². The average molecular weight is 200 g/mol. The van der Waals surface area contributed by atoms with E-state index in [0.717, 1.165) is 6.42 Å². The summed E-state index contributed by atoms with van der Waals surface area (Å²) in [4.78, 5) is 0. The van der Waals surface area contributed by atoms with E-state index in [2.05, 4.69) is 19.2 Å². The molecule has 1 aliphatic rings. The predicted octanol–water partition coefficient (Wildman–Crippen LogP) is 0.866. The Bertz CT molecular complexity index is 182. The van der Waals surface area contributed by atoms with Gasteiger partial charge >= 0.3 is 0 Å². The lowest BCUT2D eigenvalue weighted by atomic mass is 9.63. The molecule has 1 rings (SSSR count). The number of nitrogens with two attached hydrogens (primary N) is 1. The predicted molar refractivity (Wildman–Crippen MR) is 59.1 cm³/mol. The van der Waals surface area contributed by atoms with Gasteiger partial charge in [0, 0.05) is 18.6 Å². The third-order valence-electron chi connectivity index (χ3n) is 3.87. The topological polar surface area (TPSA) is 58.3 Å².